The van der Waals surface area contributed by atoms with Gasteiger partial charge in [0.1, 0.15) is 0 Å². The molecule has 1 amide bonds. The Bertz CT molecular complexity index is 340. The molecule has 0 aromatic heterocycles. The highest BCUT2D eigenvalue weighted by atomic mass is 16.4. The zero-order valence-corrected chi connectivity index (χ0v) is 10.5. The van der Waals surface area contributed by atoms with E-state index in [0.29, 0.717) is 19.1 Å². The number of rotatable bonds is 3. The van der Waals surface area contributed by atoms with Crippen LogP contribution in [-0.2, 0) is 9.59 Å². The predicted octanol–water partition coefficient (Wildman–Crippen LogP) is 0.714. The molecule has 1 saturated heterocycles. The number of carboxylic acids is 1. The summed E-state index contributed by atoms with van der Waals surface area (Å²) in [5.74, 6) is -1.27. The van der Waals surface area contributed by atoms with E-state index < -0.39 is 5.97 Å². The summed E-state index contributed by atoms with van der Waals surface area (Å²) in [4.78, 5) is 26.2. The van der Waals surface area contributed by atoms with Gasteiger partial charge in [0.25, 0.3) is 0 Å². The average molecular weight is 252 g/mol. The Morgan fingerprint density at radius 1 is 1.00 bits per heavy atom. The summed E-state index contributed by atoms with van der Waals surface area (Å²) in [5.41, 5.74) is 0. The van der Waals surface area contributed by atoms with Crippen molar-refractivity contribution in [1.82, 2.24) is 9.80 Å². The molecule has 0 radical (unpaired) electrons. The van der Waals surface area contributed by atoms with Crippen LogP contribution in [-0.4, -0.2) is 59.0 Å². The maximum absolute atomic E-state index is 11.7. The van der Waals surface area contributed by atoms with Gasteiger partial charge in [-0.15, -0.1) is 0 Å². The SMILES string of the molecule is O=C(O)C=CC(=O)N1CCN(C2CCCC2)CC1. The van der Waals surface area contributed by atoms with Crippen molar-refractivity contribution in [3.05, 3.63) is 12.2 Å². The highest BCUT2D eigenvalue weighted by Crippen LogP contribution is 2.24. The van der Waals surface area contributed by atoms with Crippen LogP contribution in [0, 0.1) is 0 Å². The number of hydrogen-bond donors (Lipinski definition) is 1. The summed E-state index contributed by atoms with van der Waals surface area (Å²) in [6.07, 6.45) is 7.27. The van der Waals surface area contributed by atoms with E-state index in [1.54, 1.807) is 4.90 Å². The van der Waals surface area contributed by atoms with Gasteiger partial charge in [-0.3, -0.25) is 9.69 Å². The zero-order chi connectivity index (χ0) is 13.0. The van der Waals surface area contributed by atoms with Crippen LogP contribution in [0.15, 0.2) is 12.2 Å². The van der Waals surface area contributed by atoms with Gasteiger partial charge in [-0.1, -0.05) is 12.8 Å². The normalized spacial score (nSPS) is 22.8. The molecule has 100 valence electrons. The van der Waals surface area contributed by atoms with Crippen LogP contribution in [0.4, 0.5) is 0 Å². The number of piperazine rings is 1. The van der Waals surface area contributed by atoms with Crippen molar-refractivity contribution in [2.24, 2.45) is 0 Å². The van der Waals surface area contributed by atoms with Crippen LogP contribution < -0.4 is 0 Å². The fraction of sp³-hybridized carbons (Fsp3) is 0.692. The lowest BCUT2D eigenvalue weighted by Crippen LogP contribution is -2.51. The van der Waals surface area contributed by atoms with E-state index in [-0.39, 0.29) is 5.91 Å². The maximum atomic E-state index is 11.7. The Morgan fingerprint density at radius 2 is 1.61 bits per heavy atom. The molecular weight excluding hydrogens is 232 g/mol. The minimum absolute atomic E-state index is 0.191. The average Bonchev–Trinajstić information content (AvgIpc) is 2.90. The summed E-state index contributed by atoms with van der Waals surface area (Å²) in [5, 5.41) is 8.48. The van der Waals surface area contributed by atoms with Crippen molar-refractivity contribution >= 4 is 11.9 Å². The van der Waals surface area contributed by atoms with E-state index in [2.05, 4.69) is 4.90 Å². The molecule has 0 spiro atoms. The summed E-state index contributed by atoms with van der Waals surface area (Å²) in [7, 11) is 0. The van der Waals surface area contributed by atoms with E-state index >= 15 is 0 Å². The Balaban J connectivity index is 1.79. The van der Waals surface area contributed by atoms with Crippen LogP contribution in [0.1, 0.15) is 25.7 Å². The minimum atomic E-state index is -1.08. The third-order valence-corrected chi connectivity index (χ3v) is 3.84. The second-order valence-electron chi connectivity index (χ2n) is 4.97. The highest BCUT2D eigenvalue weighted by molar-refractivity contribution is 5.93. The van der Waals surface area contributed by atoms with Crippen LogP contribution in [0.2, 0.25) is 0 Å². The second-order valence-corrected chi connectivity index (χ2v) is 4.97. The number of nitrogens with zero attached hydrogens (tertiary/aromatic N) is 2. The van der Waals surface area contributed by atoms with Gasteiger partial charge < -0.3 is 10.0 Å². The van der Waals surface area contributed by atoms with E-state index in [9.17, 15) is 9.59 Å². The first kappa shape index (κ1) is 13.1. The molecule has 18 heavy (non-hydrogen) atoms. The lowest BCUT2D eigenvalue weighted by atomic mass is 10.2. The molecule has 0 unspecified atom stereocenters. The van der Waals surface area contributed by atoms with Gasteiger partial charge in [-0.05, 0) is 12.8 Å². The maximum Gasteiger partial charge on any atom is 0.328 e. The quantitative estimate of drug-likeness (QED) is 0.752. The van der Waals surface area contributed by atoms with Crippen molar-refractivity contribution in [2.75, 3.05) is 26.2 Å². The van der Waals surface area contributed by atoms with Crippen LogP contribution in [0.5, 0.6) is 0 Å². The predicted molar refractivity (Wildman–Crippen MR) is 67.2 cm³/mol. The van der Waals surface area contributed by atoms with Gasteiger partial charge in [0.05, 0.1) is 0 Å². The summed E-state index contributed by atoms with van der Waals surface area (Å²) in [6.45, 7) is 3.24. The van der Waals surface area contributed by atoms with Crippen LogP contribution in [0.3, 0.4) is 0 Å². The summed E-state index contributed by atoms with van der Waals surface area (Å²) >= 11 is 0. The Kier molecular flexibility index (Phi) is 4.36. The van der Waals surface area contributed by atoms with E-state index in [0.717, 1.165) is 25.2 Å². The topological polar surface area (TPSA) is 60.9 Å². The standard InChI is InChI=1S/C13H20N2O3/c16-12(5-6-13(17)18)15-9-7-14(8-10-15)11-3-1-2-4-11/h5-6,11H,1-4,7-10H2,(H,17,18). The minimum Gasteiger partial charge on any atom is -0.478 e. The first-order valence-corrected chi connectivity index (χ1v) is 6.61. The Labute approximate surface area is 107 Å². The monoisotopic (exact) mass is 252 g/mol. The van der Waals surface area contributed by atoms with Gasteiger partial charge in [0.2, 0.25) is 5.91 Å². The highest BCUT2D eigenvalue weighted by Gasteiger charge is 2.27. The fourth-order valence-corrected chi connectivity index (χ4v) is 2.82. The molecule has 0 atom stereocenters. The molecule has 1 aliphatic heterocycles. The largest absolute Gasteiger partial charge is 0.478 e. The first-order chi connectivity index (χ1) is 8.66. The number of amides is 1. The van der Waals surface area contributed by atoms with Crippen molar-refractivity contribution in [3.8, 4) is 0 Å². The molecule has 2 rings (SSSR count). The molecule has 0 aromatic carbocycles. The third-order valence-electron chi connectivity index (χ3n) is 3.84. The zero-order valence-electron chi connectivity index (χ0n) is 10.5. The number of hydrogen-bond acceptors (Lipinski definition) is 3. The first-order valence-electron chi connectivity index (χ1n) is 6.61. The van der Waals surface area contributed by atoms with Crippen molar-refractivity contribution in [2.45, 2.75) is 31.7 Å². The molecule has 2 aliphatic rings. The molecule has 1 N–H and O–H groups in total. The Morgan fingerprint density at radius 3 is 2.17 bits per heavy atom. The molecular formula is C13H20N2O3. The Hall–Kier alpha value is -1.36. The van der Waals surface area contributed by atoms with Gasteiger partial charge in [-0.2, -0.15) is 0 Å². The molecule has 1 saturated carbocycles. The number of carbonyl (C=O) groups is 2. The van der Waals surface area contributed by atoms with Crippen molar-refractivity contribution < 1.29 is 14.7 Å². The molecule has 1 heterocycles. The van der Waals surface area contributed by atoms with Crippen molar-refractivity contribution in [1.29, 1.82) is 0 Å². The number of aliphatic carboxylic acids is 1. The molecule has 2 fully saturated rings. The molecule has 5 heteroatoms. The van der Waals surface area contributed by atoms with Gasteiger partial charge in [0, 0.05) is 44.4 Å². The third kappa shape index (κ3) is 3.32. The van der Waals surface area contributed by atoms with Crippen LogP contribution in [0.25, 0.3) is 0 Å². The molecule has 5 nitrogen and oxygen atoms in total. The van der Waals surface area contributed by atoms with Gasteiger partial charge in [-0.25, -0.2) is 4.79 Å². The van der Waals surface area contributed by atoms with Gasteiger partial charge >= 0.3 is 5.97 Å². The number of carbonyl (C=O) groups excluding carboxylic acids is 1. The molecule has 0 bridgehead atoms. The lowest BCUT2D eigenvalue weighted by molar-refractivity contribution is -0.132. The summed E-state index contributed by atoms with van der Waals surface area (Å²) in [6, 6.07) is 0.705. The van der Waals surface area contributed by atoms with Gasteiger partial charge in [0.15, 0.2) is 0 Å². The van der Waals surface area contributed by atoms with E-state index in [1.165, 1.54) is 25.7 Å². The smallest absolute Gasteiger partial charge is 0.328 e. The summed E-state index contributed by atoms with van der Waals surface area (Å²) < 4.78 is 0. The molecule has 1 aliphatic carbocycles. The van der Waals surface area contributed by atoms with E-state index in [1.807, 2.05) is 0 Å². The lowest BCUT2D eigenvalue weighted by Gasteiger charge is -2.37. The van der Waals surface area contributed by atoms with Crippen LogP contribution >= 0.6 is 0 Å². The second kappa shape index (κ2) is 6.00. The fourth-order valence-electron chi connectivity index (χ4n) is 2.82. The van der Waals surface area contributed by atoms with E-state index in [4.69, 9.17) is 5.11 Å². The molecule has 0 aromatic rings. The van der Waals surface area contributed by atoms with Crippen molar-refractivity contribution in [3.63, 3.8) is 0 Å². The number of carboxylic acid groups (broad SMARTS) is 1.